The lowest BCUT2D eigenvalue weighted by atomic mass is 10.4. The van der Waals surface area contributed by atoms with E-state index in [9.17, 15) is 19.2 Å². The van der Waals surface area contributed by atoms with Crippen molar-refractivity contribution in [2.75, 3.05) is 0 Å². The van der Waals surface area contributed by atoms with Crippen molar-refractivity contribution in [3.8, 4) is 0 Å². The Hall–Kier alpha value is -3.16. The summed E-state index contributed by atoms with van der Waals surface area (Å²) in [5.74, 6) is -0.519. The summed E-state index contributed by atoms with van der Waals surface area (Å²) in [5.41, 5.74) is 3.66. The number of carbonyl (C=O) groups excluding carboxylic acids is 2. The Labute approximate surface area is 118 Å². The first-order valence-electron chi connectivity index (χ1n) is 5.73. The van der Waals surface area contributed by atoms with Crippen LogP contribution < -0.4 is 22.1 Å². The molecule has 3 rings (SSSR count). The summed E-state index contributed by atoms with van der Waals surface area (Å²) in [6.45, 7) is 0. The summed E-state index contributed by atoms with van der Waals surface area (Å²) < 4.78 is 8.74. The average Bonchev–Trinajstić information content (AvgIpc) is 2.85. The standard InChI is InChI=1S/2C5H4O2.C3H4N2O2/c2*6-5-3-1-2-4-7-5;6-2-1-3(7)5-4-2/h2*1-4H;1H2,(H,4,6)(H,5,7). The van der Waals surface area contributed by atoms with Crippen molar-refractivity contribution in [2.45, 2.75) is 6.42 Å². The summed E-state index contributed by atoms with van der Waals surface area (Å²) >= 11 is 0. The predicted molar refractivity (Wildman–Crippen MR) is 70.9 cm³/mol. The van der Waals surface area contributed by atoms with E-state index < -0.39 is 0 Å². The van der Waals surface area contributed by atoms with Crippen LogP contribution in [0.15, 0.2) is 67.3 Å². The number of hydrogen-bond acceptors (Lipinski definition) is 6. The van der Waals surface area contributed by atoms with Gasteiger partial charge >= 0.3 is 11.3 Å². The molecular formula is C13H12N2O6. The summed E-state index contributed by atoms with van der Waals surface area (Å²) in [5, 5.41) is 0. The van der Waals surface area contributed by atoms with Crippen LogP contribution in [0.4, 0.5) is 0 Å². The molecule has 110 valence electrons. The van der Waals surface area contributed by atoms with Crippen molar-refractivity contribution >= 4 is 11.8 Å². The molecule has 0 radical (unpaired) electrons. The van der Waals surface area contributed by atoms with Crippen LogP contribution in [0.5, 0.6) is 0 Å². The van der Waals surface area contributed by atoms with E-state index in [1.807, 2.05) is 0 Å². The van der Waals surface area contributed by atoms with Gasteiger partial charge in [0.1, 0.15) is 6.42 Å². The highest BCUT2D eigenvalue weighted by molar-refractivity contribution is 6.01. The van der Waals surface area contributed by atoms with Gasteiger partial charge in [-0.25, -0.2) is 9.59 Å². The van der Waals surface area contributed by atoms with Gasteiger partial charge in [-0.3, -0.25) is 20.4 Å². The topological polar surface area (TPSA) is 119 Å². The van der Waals surface area contributed by atoms with E-state index in [4.69, 9.17) is 0 Å². The lowest BCUT2D eigenvalue weighted by molar-refractivity contribution is -0.122. The van der Waals surface area contributed by atoms with Crippen LogP contribution in [0.2, 0.25) is 0 Å². The zero-order valence-electron chi connectivity index (χ0n) is 10.8. The van der Waals surface area contributed by atoms with Crippen LogP contribution in [0.25, 0.3) is 0 Å². The molecule has 0 aromatic carbocycles. The van der Waals surface area contributed by atoms with Gasteiger partial charge in [0.2, 0.25) is 11.8 Å². The highest BCUT2D eigenvalue weighted by Gasteiger charge is 2.15. The first-order chi connectivity index (χ1) is 10.1. The van der Waals surface area contributed by atoms with Gasteiger partial charge in [0.15, 0.2) is 0 Å². The van der Waals surface area contributed by atoms with Crippen LogP contribution in [0.1, 0.15) is 6.42 Å². The second-order valence-corrected chi connectivity index (χ2v) is 3.52. The fraction of sp³-hybridized carbons (Fsp3) is 0.0769. The van der Waals surface area contributed by atoms with Gasteiger partial charge in [-0.15, -0.1) is 0 Å². The number of rotatable bonds is 0. The van der Waals surface area contributed by atoms with E-state index in [0.717, 1.165) is 0 Å². The molecule has 2 amide bonds. The first kappa shape index (κ1) is 15.9. The van der Waals surface area contributed by atoms with E-state index in [1.165, 1.54) is 24.7 Å². The molecule has 0 atom stereocenters. The molecule has 0 saturated carbocycles. The minimum Gasteiger partial charge on any atom is -0.431 e. The van der Waals surface area contributed by atoms with E-state index in [2.05, 4.69) is 19.7 Å². The van der Waals surface area contributed by atoms with Gasteiger partial charge in [0.05, 0.1) is 12.5 Å². The molecule has 0 aliphatic carbocycles. The quantitative estimate of drug-likeness (QED) is 0.650. The first-order valence-corrected chi connectivity index (χ1v) is 5.73. The smallest absolute Gasteiger partial charge is 0.335 e. The van der Waals surface area contributed by atoms with Crippen LogP contribution in [-0.2, 0) is 9.59 Å². The highest BCUT2D eigenvalue weighted by atomic mass is 16.4. The molecule has 3 heterocycles. The van der Waals surface area contributed by atoms with Gasteiger partial charge in [0.25, 0.3) is 0 Å². The minimum absolute atomic E-state index is 0.0278. The van der Waals surface area contributed by atoms with Crippen molar-refractivity contribution in [3.63, 3.8) is 0 Å². The van der Waals surface area contributed by atoms with Crippen molar-refractivity contribution in [3.05, 3.63) is 69.8 Å². The predicted octanol–water partition coefficient (Wildman–Crippen LogP) is -0.183. The molecule has 2 aromatic rings. The molecule has 1 saturated heterocycles. The second-order valence-electron chi connectivity index (χ2n) is 3.52. The zero-order valence-corrected chi connectivity index (χ0v) is 10.8. The third-order valence-corrected chi connectivity index (χ3v) is 1.87. The Bertz CT molecular complexity index is 597. The van der Waals surface area contributed by atoms with Gasteiger partial charge in [-0.2, -0.15) is 0 Å². The molecule has 8 nitrogen and oxygen atoms in total. The Kier molecular flexibility index (Phi) is 6.71. The molecule has 21 heavy (non-hydrogen) atoms. The van der Waals surface area contributed by atoms with Crippen LogP contribution in [0.3, 0.4) is 0 Å². The summed E-state index contributed by atoms with van der Waals surface area (Å²) in [6.07, 6.45) is 2.67. The van der Waals surface area contributed by atoms with Crippen molar-refractivity contribution in [1.82, 2.24) is 10.9 Å². The Morgan fingerprint density at radius 1 is 0.714 bits per heavy atom. The molecule has 0 unspecified atom stereocenters. The fourth-order valence-corrected chi connectivity index (χ4v) is 1.02. The fourth-order valence-electron chi connectivity index (χ4n) is 1.02. The van der Waals surface area contributed by atoms with Crippen molar-refractivity contribution in [1.29, 1.82) is 0 Å². The van der Waals surface area contributed by atoms with E-state index in [1.54, 1.807) is 24.3 Å². The number of hydrogen-bond donors (Lipinski definition) is 2. The zero-order chi connectivity index (χ0) is 15.5. The lowest BCUT2D eigenvalue weighted by Gasteiger charge is -1.83. The normalized spacial score (nSPS) is 12.0. The molecule has 2 aromatic heterocycles. The number of hydrazine groups is 1. The van der Waals surface area contributed by atoms with Crippen LogP contribution in [0, 0.1) is 0 Å². The van der Waals surface area contributed by atoms with Gasteiger partial charge in [-0.05, 0) is 12.1 Å². The van der Waals surface area contributed by atoms with E-state index in [0.29, 0.717) is 0 Å². The summed E-state index contributed by atoms with van der Waals surface area (Å²) in [6, 6.07) is 9.29. The average molecular weight is 292 g/mol. The van der Waals surface area contributed by atoms with Crippen molar-refractivity contribution < 1.29 is 18.4 Å². The molecule has 1 fully saturated rings. The van der Waals surface area contributed by atoms with Gasteiger partial charge < -0.3 is 8.83 Å². The molecule has 0 spiro atoms. The third-order valence-electron chi connectivity index (χ3n) is 1.87. The van der Waals surface area contributed by atoms with E-state index in [-0.39, 0.29) is 29.5 Å². The lowest BCUT2D eigenvalue weighted by Crippen LogP contribution is -2.28. The monoisotopic (exact) mass is 292 g/mol. The minimum atomic E-state index is -0.303. The number of nitrogens with one attached hydrogen (secondary N) is 2. The Balaban J connectivity index is 0.000000157. The molecule has 2 N–H and O–H groups in total. The largest absolute Gasteiger partial charge is 0.431 e. The SMILES string of the molecule is O=C1CC(=O)NN1.O=c1cccco1.O=c1cccco1. The molecule has 0 bridgehead atoms. The Morgan fingerprint density at radius 2 is 1.14 bits per heavy atom. The summed E-state index contributed by atoms with van der Waals surface area (Å²) in [7, 11) is 0. The molecule has 1 aliphatic rings. The van der Waals surface area contributed by atoms with Crippen LogP contribution >= 0.6 is 0 Å². The van der Waals surface area contributed by atoms with Crippen molar-refractivity contribution in [2.24, 2.45) is 0 Å². The highest BCUT2D eigenvalue weighted by Crippen LogP contribution is 1.82. The van der Waals surface area contributed by atoms with Gasteiger partial charge in [-0.1, -0.05) is 12.1 Å². The number of amides is 2. The Morgan fingerprint density at radius 3 is 1.29 bits per heavy atom. The molecule has 1 aliphatic heterocycles. The number of carbonyl (C=O) groups is 2. The maximum absolute atomic E-state index is 10.1. The molecular weight excluding hydrogens is 280 g/mol. The summed E-state index contributed by atoms with van der Waals surface area (Å²) in [4.78, 5) is 40.3. The van der Waals surface area contributed by atoms with Crippen LogP contribution in [-0.4, -0.2) is 11.8 Å². The maximum Gasteiger partial charge on any atom is 0.335 e. The third kappa shape index (κ3) is 7.78. The maximum atomic E-state index is 10.1. The van der Waals surface area contributed by atoms with Gasteiger partial charge in [0, 0.05) is 12.1 Å². The second kappa shape index (κ2) is 8.86. The molecule has 8 heteroatoms. The van der Waals surface area contributed by atoms with E-state index >= 15 is 0 Å².